The summed E-state index contributed by atoms with van der Waals surface area (Å²) in [5, 5.41) is 0.0606. The van der Waals surface area contributed by atoms with Gasteiger partial charge in [-0.25, -0.2) is 4.39 Å². The molecule has 4 heteroatoms. The minimum Gasteiger partial charge on any atom is -0.398 e. The predicted molar refractivity (Wildman–Crippen MR) is 71.2 cm³/mol. The Morgan fingerprint density at radius 1 is 1.44 bits per heavy atom. The summed E-state index contributed by atoms with van der Waals surface area (Å²) in [6.45, 7) is 11.2. The van der Waals surface area contributed by atoms with E-state index in [1.54, 1.807) is 6.92 Å². The average Bonchev–Trinajstić information content (AvgIpc) is 2.13. The molecule has 1 rings (SSSR count). The third-order valence-corrected chi connectivity index (χ3v) is 3.27. The molecular weight excluding hydrogens is 245 g/mol. The number of hydrogen-bond donors (Lipinski definition) is 1. The van der Waals surface area contributed by atoms with Crippen LogP contribution in [0.25, 0.3) is 5.57 Å². The van der Waals surface area contributed by atoms with Crippen molar-refractivity contribution >= 4 is 34.6 Å². The Kier molecular flexibility index (Phi) is 4.05. The molecule has 0 fully saturated rings. The van der Waals surface area contributed by atoms with Gasteiger partial charge >= 0.3 is 0 Å². The molecular formula is C12H13ClFNS. The molecule has 0 spiro atoms. The van der Waals surface area contributed by atoms with E-state index in [4.69, 9.17) is 17.3 Å². The topological polar surface area (TPSA) is 26.0 Å². The van der Waals surface area contributed by atoms with Gasteiger partial charge in [-0.15, -0.1) is 0 Å². The van der Waals surface area contributed by atoms with Crippen LogP contribution < -0.4 is 5.73 Å². The van der Waals surface area contributed by atoms with E-state index in [9.17, 15) is 4.39 Å². The molecule has 0 aliphatic heterocycles. The summed E-state index contributed by atoms with van der Waals surface area (Å²) >= 11 is 7.29. The number of rotatable bonds is 3. The highest BCUT2D eigenvalue weighted by molar-refractivity contribution is 8.03. The molecule has 0 saturated heterocycles. The molecule has 1 aromatic rings. The van der Waals surface area contributed by atoms with Crippen LogP contribution in [0.5, 0.6) is 0 Å². The summed E-state index contributed by atoms with van der Waals surface area (Å²) in [5.74, 6) is -0.525. The van der Waals surface area contributed by atoms with Gasteiger partial charge in [0, 0.05) is 16.1 Å². The predicted octanol–water partition coefficient (Wildman–Crippen LogP) is 4.72. The lowest BCUT2D eigenvalue weighted by molar-refractivity contribution is 0.627. The van der Waals surface area contributed by atoms with E-state index in [1.807, 2.05) is 6.92 Å². The molecule has 0 amide bonds. The number of benzene rings is 1. The Balaban J connectivity index is 3.50. The van der Waals surface area contributed by atoms with Gasteiger partial charge in [0.1, 0.15) is 5.82 Å². The molecule has 0 atom stereocenters. The summed E-state index contributed by atoms with van der Waals surface area (Å²) in [5.41, 5.74) is 7.37. The zero-order valence-electron chi connectivity index (χ0n) is 9.23. The fourth-order valence-electron chi connectivity index (χ4n) is 1.29. The summed E-state index contributed by atoms with van der Waals surface area (Å²) in [6, 6.07) is 1.22. The van der Waals surface area contributed by atoms with Crippen LogP contribution in [0.1, 0.15) is 19.4 Å². The van der Waals surface area contributed by atoms with Crippen LogP contribution in [0.4, 0.5) is 10.1 Å². The molecule has 1 aromatic carbocycles. The molecule has 16 heavy (non-hydrogen) atoms. The minimum atomic E-state index is -0.525. The van der Waals surface area contributed by atoms with Crippen LogP contribution in [0.3, 0.4) is 0 Å². The van der Waals surface area contributed by atoms with E-state index in [-0.39, 0.29) is 5.02 Å². The third-order valence-electron chi connectivity index (χ3n) is 1.90. The summed E-state index contributed by atoms with van der Waals surface area (Å²) in [4.78, 5) is 1.57. The van der Waals surface area contributed by atoms with Gasteiger partial charge in [-0.05, 0) is 30.4 Å². The summed E-state index contributed by atoms with van der Waals surface area (Å²) in [7, 11) is 0. The second-order valence-corrected chi connectivity index (χ2v) is 5.24. The molecule has 0 radical (unpaired) electrons. The van der Waals surface area contributed by atoms with Crippen molar-refractivity contribution in [3.63, 3.8) is 0 Å². The maximum atomic E-state index is 13.4. The van der Waals surface area contributed by atoms with Gasteiger partial charge in [0.05, 0.1) is 5.02 Å². The number of nitrogens with two attached hydrogens (primary N) is 1. The van der Waals surface area contributed by atoms with Gasteiger partial charge in [-0.2, -0.15) is 0 Å². The summed E-state index contributed by atoms with van der Waals surface area (Å²) in [6.07, 6.45) is 0. The number of hydrogen-bond acceptors (Lipinski definition) is 2. The fourth-order valence-corrected chi connectivity index (χ4v) is 2.56. The Labute approximate surface area is 104 Å². The van der Waals surface area contributed by atoms with Crippen molar-refractivity contribution in [3.8, 4) is 0 Å². The van der Waals surface area contributed by atoms with E-state index in [0.29, 0.717) is 21.7 Å². The molecule has 0 aliphatic carbocycles. The molecule has 0 saturated carbocycles. The maximum Gasteiger partial charge on any atom is 0.144 e. The lowest BCUT2D eigenvalue weighted by Crippen LogP contribution is -1.97. The molecule has 0 aromatic heterocycles. The van der Waals surface area contributed by atoms with Crippen molar-refractivity contribution < 1.29 is 4.39 Å². The van der Waals surface area contributed by atoms with Gasteiger partial charge in [0.2, 0.25) is 0 Å². The lowest BCUT2D eigenvalue weighted by atomic mass is 10.1. The van der Waals surface area contributed by atoms with Crippen LogP contribution in [-0.2, 0) is 0 Å². The van der Waals surface area contributed by atoms with Gasteiger partial charge < -0.3 is 5.73 Å². The molecule has 0 unspecified atom stereocenters. The Bertz CT molecular complexity index is 469. The van der Waals surface area contributed by atoms with Crippen LogP contribution >= 0.6 is 23.4 Å². The number of thioether (sulfide) groups is 1. The van der Waals surface area contributed by atoms with E-state index in [0.717, 1.165) is 4.91 Å². The standard InChI is InChI=1S/C12H13ClFNS/c1-6(2)10-11(13)8(14)5-9(15)12(10)16-7(3)4/h5H,1,3,15H2,2,4H3. The van der Waals surface area contributed by atoms with Crippen LogP contribution in [0, 0.1) is 5.82 Å². The first-order chi connectivity index (χ1) is 7.34. The van der Waals surface area contributed by atoms with E-state index in [1.165, 1.54) is 17.8 Å². The lowest BCUT2D eigenvalue weighted by Gasteiger charge is -2.14. The highest BCUT2D eigenvalue weighted by Crippen LogP contribution is 2.41. The van der Waals surface area contributed by atoms with Crippen molar-refractivity contribution in [1.82, 2.24) is 0 Å². The van der Waals surface area contributed by atoms with Gasteiger partial charge in [-0.1, -0.05) is 36.5 Å². The fraction of sp³-hybridized carbons (Fsp3) is 0.167. The molecule has 86 valence electrons. The van der Waals surface area contributed by atoms with Crippen molar-refractivity contribution in [3.05, 3.63) is 40.5 Å². The van der Waals surface area contributed by atoms with E-state index in [2.05, 4.69) is 13.2 Å². The Morgan fingerprint density at radius 2 is 2.00 bits per heavy atom. The van der Waals surface area contributed by atoms with Crippen LogP contribution in [-0.4, -0.2) is 0 Å². The minimum absolute atomic E-state index is 0.0606. The highest BCUT2D eigenvalue weighted by atomic mass is 35.5. The third kappa shape index (κ3) is 2.60. The number of anilines is 1. The first kappa shape index (κ1) is 13.1. The quantitative estimate of drug-likeness (QED) is 0.626. The monoisotopic (exact) mass is 257 g/mol. The van der Waals surface area contributed by atoms with Crippen molar-refractivity contribution in [2.24, 2.45) is 0 Å². The van der Waals surface area contributed by atoms with Crippen molar-refractivity contribution in [2.75, 3.05) is 5.73 Å². The Hall–Kier alpha value is -0.930. The maximum absolute atomic E-state index is 13.4. The highest BCUT2D eigenvalue weighted by Gasteiger charge is 2.16. The molecule has 0 aliphatic rings. The largest absolute Gasteiger partial charge is 0.398 e. The summed E-state index contributed by atoms with van der Waals surface area (Å²) < 4.78 is 13.4. The normalized spacial score (nSPS) is 10.2. The van der Waals surface area contributed by atoms with Gasteiger partial charge in [0.15, 0.2) is 0 Å². The van der Waals surface area contributed by atoms with Crippen molar-refractivity contribution in [2.45, 2.75) is 18.7 Å². The first-order valence-electron chi connectivity index (χ1n) is 4.61. The SMILES string of the molecule is C=C(C)Sc1c(N)cc(F)c(Cl)c1C(=C)C. The van der Waals surface area contributed by atoms with Gasteiger partial charge in [-0.3, -0.25) is 0 Å². The zero-order chi connectivity index (χ0) is 12.5. The van der Waals surface area contributed by atoms with Crippen LogP contribution in [0.2, 0.25) is 5.02 Å². The van der Waals surface area contributed by atoms with Crippen molar-refractivity contribution in [1.29, 1.82) is 0 Å². The molecule has 2 N–H and O–H groups in total. The van der Waals surface area contributed by atoms with Gasteiger partial charge in [0.25, 0.3) is 0 Å². The number of halogens is 2. The second kappa shape index (κ2) is 4.93. The van der Waals surface area contributed by atoms with Crippen LogP contribution in [0.15, 0.2) is 29.0 Å². The molecule has 1 nitrogen and oxygen atoms in total. The first-order valence-corrected chi connectivity index (χ1v) is 5.80. The van der Waals surface area contributed by atoms with E-state index < -0.39 is 5.82 Å². The Morgan fingerprint density at radius 3 is 2.44 bits per heavy atom. The molecule has 0 bridgehead atoms. The average molecular weight is 258 g/mol. The second-order valence-electron chi connectivity index (χ2n) is 3.55. The zero-order valence-corrected chi connectivity index (χ0v) is 10.8. The number of allylic oxidation sites excluding steroid dienone is 2. The van der Waals surface area contributed by atoms with E-state index >= 15 is 0 Å². The number of nitrogen functional groups attached to an aromatic ring is 1. The molecule has 0 heterocycles. The smallest absolute Gasteiger partial charge is 0.144 e.